The van der Waals surface area contributed by atoms with Gasteiger partial charge in [0.05, 0.1) is 0 Å². The highest BCUT2D eigenvalue weighted by Crippen LogP contribution is 2.36. The van der Waals surface area contributed by atoms with Crippen molar-refractivity contribution in [3.8, 4) is 0 Å². The Morgan fingerprint density at radius 1 is 0.875 bits per heavy atom. The fourth-order valence-electron chi connectivity index (χ4n) is 2.04. The molecule has 3 rings (SSSR count). The molecule has 16 heavy (non-hydrogen) atoms. The van der Waals surface area contributed by atoms with Crippen molar-refractivity contribution in [2.75, 3.05) is 0 Å². The van der Waals surface area contributed by atoms with Gasteiger partial charge in [0.15, 0.2) is 0 Å². The normalized spacial score (nSPS) is 13.9. The first-order valence-corrected chi connectivity index (χ1v) is 5.40. The van der Waals surface area contributed by atoms with E-state index in [2.05, 4.69) is 15.9 Å². The summed E-state index contributed by atoms with van der Waals surface area (Å²) < 4.78 is 14.2. The zero-order valence-electron chi connectivity index (χ0n) is 7.88. The van der Waals surface area contributed by atoms with Crippen molar-refractivity contribution in [3.05, 3.63) is 45.7 Å². The SMILES string of the molecule is O=C1C(=O)c2ccc(Br)c3c(F)ccc1c23. The van der Waals surface area contributed by atoms with Gasteiger partial charge >= 0.3 is 0 Å². The molecule has 0 amide bonds. The maximum atomic E-state index is 13.6. The molecule has 4 heteroatoms. The van der Waals surface area contributed by atoms with Crippen molar-refractivity contribution >= 4 is 38.3 Å². The number of carbonyl (C=O) groups excluding carboxylic acids is 2. The lowest BCUT2D eigenvalue weighted by Gasteiger charge is -2.03. The standard InChI is InChI=1S/C12H4BrFO2/c13-7-3-1-5-9-6(12(16)11(5)15)2-4-8(14)10(7)9/h1-4H. The van der Waals surface area contributed by atoms with Crippen LogP contribution in [-0.2, 0) is 0 Å². The molecule has 0 heterocycles. The van der Waals surface area contributed by atoms with Crippen LogP contribution in [0.1, 0.15) is 20.7 Å². The van der Waals surface area contributed by atoms with Crippen LogP contribution in [0.5, 0.6) is 0 Å². The molecule has 0 radical (unpaired) electrons. The summed E-state index contributed by atoms with van der Waals surface area (Å²) in [5.41, 5.74) is 0.579. The van der Waals surface area contributed by atoms with Gasteiger partial charge < -0.3 is 0 Å². The van der Waals surface area contributed by atoms with Crippen LogP contribution in [-0.4, -0.2) is 11.6 Å². The summed E-state index contributed by atoms with van der Waals surface area (Å²) in [5.74, 6) is -1.55. The Hall–Kier alpha value is -1.55. The summed E-state index contributed by atoms with van der Waals surface area (Å²) in [6, 6.07) is 5.70. The summed E-state index contributed by atoms with van der Waals surface area (Å²) in [4.78, 5) is 23.2. The van der Waals surface area contributed by atoms with Crippen LogP contribution in [0.25, 0.3) is 10.8 Å². The number of hydrogen-bond donors (Lipinski definition) is 0. The molecule has 0 saturated heterocycles. The van der Waals surface area contributed by atoms with Crippen LogP contribution < -0.4 is 0 Å². The van der Waals surface area contributed by atoms with E-state index in [1.807, 2.05) is 0 Å². The first kappa shape index (κ1) is 9.66. The maximum Gasteiger partial charge on any atom is 0.234 e. The quantitative estimate of drug-likeness (QED) is 0.694. The molecular formula is C12H4BrFO2. The molecule has 2 aromatic rings. The van der Waals surface area contributed by atoms with Gasteiger partial charge in [0.1, 0.15) is 5.82 Å². The van der Waals surface area contributed by atoms with Crippen molar-refractivity contribution in [1.29, 1.82) is 0 Å². The van der Waals surface area contributed by atoms with Gasteiger partial charge in [-0.25, -0.2) is 4.39 Å². The van der Waals surface area contributed by atoms with E-state index in [1.165, 1.54) is 12.1 Å². The Morgan fingerprint density at radius 2 is 1.44 bits per heavy atom. The molecule has 1 aliphatic rings. The maximum absolute atomic E-state index is 13.6. The Bertz CT molecular complexity index is 622. The number of benzene rings is 2. The summed E-state index contributed by atoms with van der Waals surface area (Å²) in [5, 5.41) is 0.721. The highest BCUT2D eigenvalue weighted by atomic mass is 79.9. The van der Waals surface area contributed by atoms with Crippen molar-refractivity contribution in [3.63, 3.8) is 0 Å². The van der Waals surface area contributed by atoms with Gasteiger partial charge in [-0.15, -0.1) is 0 Å². The molecule has 0 aliphatic heterocycles. The minimum atomic E-state index is -0.557. The second-order valence-electron chi connectivity index (χ2n) is 3.60. The average molecular weight is 279 g/mol. The summed E-state index contributed by atoms with van der Waals surface area (Å²) in [7, 11) is 0. The summed E-state index contributed by atoms with van der Waals surface area (Å²) in [6.07, 6.45) is 0. The summed E-state index contributed by atoms with van der Waals surface area (Å²) in [6.45, 7) is 0. The first-order chi connectivity index (χ1) is 7.61. The number of carbonyl (C=O) groups is 2. The zero-order valence-corrected chi connectivity index (χ0v) is 9.47. The van der Waals surface area contributed by atoms with Crippen LogP contribution in [0.3, 0.4) is 0 Å². The summed E-state index contributed by atoms with van der Waals surface area (Å²) >= 11 is 3.22. The van der Waals surface area contributed by atoms with Gasteiger partial charge in [0.2, 0.25) is 11.6 Å². The van der Waals surface area contributed by atoms with E-state index in [-0.39, 0.29) is 11.1 Å². The molecule has 0 spiro atoms. The third kappa shape index (κ3) is 0.998. The molecule has 78 valence electrons. The molecule has 0 atom stereocenters. The van der Waals surface area contributed by atoms with Crippen LogP contribution in [0.4, 0.5) is 4.39 Å². The number of rotatable bonds is 0. The fourth-order valence-corrected chi connectivity index (χ4v) is 2.56. The lowest BCUT2D eigenvalue weighted by molar-refractivity contribution is 0.0825. The van der Waals surface area contributed by atoms with Gasteiger partial charge in [0.25, 0.3) is 0 Å². The molecule has 0 aromatic heterocycles. The van der Waals surface area contributed by atoms with Crippen molar-refractivity contribution < 1.29 is 14.0 Å². The minimum Gasteiger partial charge on any atom is -0.285 e. The predicted octanol–water partition coefficient (Wildman–Crippen LogP) is 3.12. The third-order valence-electron chi connectivity index (χ3n) is 2.75. The van der Waals surface area contributed by atoms with Crippen LogP contribution in [0, 0.1) is 5.82 Å². The Morgan fingerprint density at radius 3 is 2.06 bits per heavy atom. The number of Topliss-reactive ketones (excluding diaryl/α,β-unsaturated/α-hetero) is 2. The van der Waals surface area contributed by atoms with E-state index in [1.54, 1.807) is 12.1 Å². The minimum absolute atomic E-state index is 0.290. The molecule has 0 N–H and O–H groups in total. The van der Waals surface area contributed by atoms with Crippen molar-refractivity contribution in [2.45, 2.75) is 0 Å². The number of hydrogen-bond acceptors (Lipinski definition) is 2. The second-order valence-corrected chi connectivity index (χ2v) is 4.45. The third-order valence-corrected chi connectivity index (χ3v) is 3.42. The molecule has 1 aliphatic carbocycles. The largest absolute Gasteiger partial charge is 0.285 e. The molecule has 2 nitrogen and oxygen atoms in total. The van der Waals surface area contributed by atoms with E-state index in [0.717, 1.165) is 0 Å². The lowest BCUT2D eigenvalue weighted by atomic mass is 10.0. The highest BCUT2D eigenvalue weighted by Gasteiger charge is 2.32. The van der Waals surface area contributed by atoms with Crippen molar-refractivity contribution in [1.82, 2.24) is 0 Å². The van der Waals surface area contributed by atoms with E-state index in [0.29, 0.717) is 15.2 Å². The second kappa shape index (κ2) is 2.98. The highest BCUT2D eigenvalue weighted by molar-refractivity contribution is 9.10. The smallest absolute Gasteiger partial charge is 0.234 e. The predicted molar refractivity (Wildman–Crippen MR) is 60.3 cm³/mol. The van der Waals surface area contributed by atoms with Gasteiger partial charge in [0, 0.05) is 26.4 Å². The Balaban J connectivity index is 2.64. The number of halogens is 2. The fraction of sp³-hybridized carbons (Fsp3) is 0. The van der Waals surface area contributed by atoms with Crippen molar-refractivity contribution in [2.24, 2.45) is 0 Å². The van der Waals surface area contributed by atoms with E-state index < -0.39 is 17.4 Å². The molecule has 0 fully saturated rings. The lowest BCUT2D eigenvalue weighted by Crippen LogP contribution is -2.05. The van der Waals surface area contributed by atoms with E-state index >= 15 is 0 Å². The molecule has 0 bridgehead atoms. The first-order valence-electron chi connectivity index (χ1n) is 4.61. The molecular weight excluding hydrogens is 275 g/mol. The van der Waals surface area contributed by atoms with Gasteiger partial charge in [-0.2, -0.15) is 0 Å². The van der Waals surface area contributed by atoms with Gasteiger partial charge in [-0.3, -0.25) is 9.59 Å². The molecule has 2 aromatic carbocycles. The molecule has 0 unspecified atom stereocenters. The number of ketones is 2. The van der Waals surface area contributed by atoms with E-state index in [9.17, 15) is 14.0 Å². The van der Waals surface area contributed by atoms with Gasteiger partial charge in [-0.1, -0.05) is 15.9 Å². The monoisotopic (exact) mass is 278 g/mol. The Labute approximate surface area is 98.2 Å². The Kier molecular flexibility index (Phi) is 1.80. The average Bonchev–Trinajstić information content (AvgIpc) is 2.50. The van der Waals surface area contributed by atoms with E-state index in [4.69, 9.17) is 0 Å². The van der Waals surface area contributed by atoms with Crippen LogP contribution >= 0.6 is 15.9 Å². The molecule has 0 saturated carbocycles. The zero-order chi connectivity index (χ0) is 11.4. The van der Waals surface area contributed by atoms with Gasteiger partial charge in [-0.05, 0) is 24.3 Å². The van der Waals surface area contributed by atoms with Crippen LogP contribution in [0.15, 0.2) is 28.7 Å². The van der Waals surface area contributed by atoms with Crippen LogP contribution in [0.2, 0.25) is 0 Å². The topological polar surface area (TPSA) is 34.1 Å².